The first-order valence-electron chi connectivity index (χ1n) is 6.66. The number of amides is 1. The first-order chi connectivity index (χ1) is 9.09. The maximum Gasteiger partial charge on any atom is 0.234 e. The van der Waals surface area contributed by atoms with E-state index in [2.05, 4.69) is 15.2 Å². The van der Waals surface area contributed by atoms with E-state index in [1.165, 1.54) is 0 Å². The molecule has 3 N–H and O–H groups in total. The van der Waals surface area contributed by atoms with Crippen molar-refractivity contribution >= 4 is 5.91 Å². The van der Waals surface area contributed by atoms with Gasteiger partial charge in [-0.3, -0.25) is 9.78 Å². The summed E-state index contributed by atoms with van der Waals surface area (Å²) in [5.41, 5.74) is 6.47. The van der Waals surface area contributed by atoms with E-state index in [-0.39, 0.29) is 11.9 Å². The predicted octanol–water partition coefficient (Wildman–Crippen LogP) is 0.757. The van der Waals surface area contributed by atoms with Crippen LogP contribution in [0.1, 0.15) is 24.8 Å². The molecule has 0 saturated carbocycles. The molecule has 19 heavy (non-hydrogen) atoms. The van der Waals surface area contributed by atoms with Gasteiger partial charge in [0.15, 0.2) is 0 Å². The summed E-state index contributed by atoms with van der Waals surface area (Å²) in [5, 5.41) is 3.20. The number of carbonyl (C=O) groups excluding carboxylic acids is 1. The molecule has 1 amide bonds. The molecule has 0 spiro atoms. The largest absolute Gasteiger partial charge is 0.368 e. The monoisotopic (exact) mass is 264 g/mol. The summed E-state index contributed by atoms with van der Waals surface area (Å²) in [6, 6.07) is 3.60. The van der Waals surface area contributed by atoms with Crippen LogP contribution in [0.15, 0.2) is 24.5 Å². The highest BCUT2D eigenvalue weighted by molar-refractivity contribution is 5.79. The van der Waals surface area contributed by atoms with Gasteiger partial charge in [0, 0.05) is 18.9 Å². The Morgan fingerprint density at radius 2 is 2.26 bits per heavy atom. The Hall–Kier alpha value is -1.46. The molecule has 0 saturated heterocycles. The summed E-state index contributed by atoms with van der Waals surface area (Å²) in [4.78, 5) is 17.6. The topological polar surface area (TPSA) is 71.2 Å². The second-order valence-corrected chi connectivity index (χ2v) is 5.00. The zero-order valence-corrected chi connectivity index (χ0v) is 11.8. The van der Waals surface area contributed by atoms with Gasteiger partial charge >= 0.3 is 0 Å². The second kappa shape index (κ2) is 8.61. The van der Waals surface area contributed by atoms with Crippen molar-refractivity contribution in [2.24, 2.45) is 5.73 Å². The summed E-state index contributed by atoms with van der Waals surface area (Å²) in [5.74, 6) is -0.284. The van der Waals surface area contributed by atoms with Gasteiger partial charge in [-0.15, -0.1) is 0 Å². The predicted molar refractivity (Wildman–Crippen MR) is 76.5 cm³/mol. The van der Waals surface area contributed by atoms with Crippen LogP contribution in [0.3, 0.4) is 0 Å². The highest BCUT2D eigenvalue weighted by Gasteiger charge is 2.13. The fourth-order valence-electron chi connectivity index (χ4n) is 1.87. The summed E-state index contributed by atoms with van der Waals surface area (Å²) in [6.07, 6.45) is 6.37. The second-order valence-electron chi connectivity index (χ2n) is 5.00. The van der Waals surface area contributed by atoms with Crippen molar-refractivity contribution in [3.63, 3.8) is 0 Å². The molecule has 1 aromatic rings. The van der Waals surface area contributed by atoms with E-state index in [0.29, 0.717) is 6.54 Å². The number of primary amides is 1. The lowest BCUT2D eigenvalue weighted by atomic mass is 10.1. The van der Waals surface area contributed by atoms with Crippen LogP contribution in [0.2, 0.25) is 0 Å². The van der Waals surface area contributed by atoms with Crippen LogP contribution in [-0.4, -0.2) is 42.5 Å². The average molecular weight is 264 g/mol. The van der Waals surface area contributed by atoms with E-state index in [0.717, 1.165) is 31.4 Å². The molecule has 0 radical (unpaired) electrons. The number of nitrogens with one attached hydrogen (secondary N) is 1. The molecule has 0 bridgehead atoms. The zero-order chi connectivity index (χ0) is 14.1. The van der Waals surface area contributed by atoms with Crippen molar-refractivity contribution in [1.29, 1.82) is 0 Å². The molecule has 0 aliphatic heterocycles. The Bertz CT molecular complexity index is 367. The van der Waals surface area contributed by atoms with Crippen LogP contribution in [0.5, 0.6) is 0 Å². The maximum atomic E-state index is 11.4. The Labute approximate surface area is 115 Å². The molecule has 5 nitrogen and oxygen atoms in total. The minimum Gasteiger partial charge on any atom is -0.368 e. The summed E-state index contributed by atoms with van der Waals surface area (Å²) in [6.45, 7) is 1.66. The maximum absolute atomic E-state index is 11.4. The van der Waals surface area contributed by atoms with Crippen LogP contribution >= 0.6 is 0 Å². The number of unbranched alkanes of at least 4 members (excludes halogenated alkanes) is 1. The average Bonchev–Trinajstić information content (AvgIpc) is 2.38. The number of hydrogen-bond acceptors (Lipinski definition) is 4. The summed E-state index contributed by atoms with van der Waals surface area (Å²) < 4.78 is 0. The molecule has 1 atom stereocenters. The van der Waals surface area contributed by atoms with E-state index in [9.17, 15) is 4.79 Å². The van der Waals surface area contributed by atoms with Gasteiger partial charge in [-0.1, -0.05) is 12.5 Å². The minimum atomic E-state index is -0.284. The Balaban J connectivity index is 2.30. The van der Waals surface area contributed by atoms with Crippen molar-refractivity contribution in [1.82, 2.24) is 15.2 Å². The van der Waals surface area contributed by atoms with Gasteiger partial charge in [-0.2, -0.15) is 0 Å². The fraction of sp³-hybridized carbons (Fsp3) is 0.571. The molecule has 1 heterocycles. The SMILES string of the molecule is CN(C)CCCCC(NCc1cccnc1)C(N)=O. The number of nitrogens with two attached hydrogens (primary N) is 1. The van der Waals surface area contributed by atoms with Crippen molar-refractivity contribution in [2.75, 3.05) is 20.6 Å². The van der Waals surface area contributed by atoms with Gasteiger partial charge in [0.1, 0.15) is 0 Å². The van der Waals surface area contributed by atoms with E-state index in [1.54, 1.807) is 12.4 Å². The first kappa shape index (κ1) is 15.6. The molecule has 106 valence electrons. The van der Waals surface area contributed by atoms with E-state index >= 15 is 0 Å². The Kier molecular flexibility index (Phi) is 7.07. The quantitative estimate of drug-likeness (QED) is 0.646. The van der Waals surface area contributed by atoms with Crippen LogP contribution in [0.4, 0.5) is 0 Å². The van der Waals surface area contributed by atoms with Gasteiger partial charge in [-0.25, -0.2) is 0 Å². The molecule has 0 aromatic carbocycles. The van der Waals surface area contributed by atoms with E-state index in [1.807, 2.05) is 26.2 Å². The van der Waals surface area contributed by atoms with Gasteiger partial charge in [0.05, 0.1) is 6.04 Å². The minimum absolute atomic E-state index is 0.262. The highest BCUT2D eigenvalue weighted by atomic mass is 16.1. The standard InChI is InChI=1S/C14H24N4O/c1-18(2)9-4-3-7-13(14(15)19)17-11-12-6-5-8-16-10-12/h5-6,8,10,13,17H,3-4,7,9,11H2,1-2H3,(H2,15,19). The fourth-order valence-corrected chi connectivity index (χ4v) is 1.87. The molecule has 1 rings (SSSR count). The number of aromatic nitrogens is 1. The molecule has 5 heteroatoms. The number of hydrogen-bond donors (Lipinski definition) is 2. The van der Waals surface area contributed by atoms with Crippen LogP contribution < -0.4 is 11.1 Å². The lowest BCUT2D eigenvalue weighted by Gasteiger charge is -2.16. The molecule has 0 aliphatic carbocycles. The van der Waals surface area contributed by atoms with Crippen molar-refractivity contribution in [3.05, 3.63) is 30.1 Å². The molecular weight excluding hydrogens is 240 g/mol. The number of carbonyl (C=O) groups is 1. The summed E-state index contributed by atoms with van der Waals surface area (Å²) >= 11 is 0. The molecular formula is C14H24N4O. The van der Waals surface area contributed by atoms with E-state index < -0.39 is 0 Å². The van der Waals surface area contributed by atoms with Crippen LogP contribution in [0, 0.1) is 0 Å². The third-order valence-electron chi connectivity index (χ3n) is 2.97. The molecule has 1 unspecified atom stereocenters. The third kappa shape index (κ3) is 6.88. The van der Waals surface area contributed by atoms with Crippen molar-refractivity contribution in [3.8, 4) is 0 Å². The van der Waals surface area contributed by atoms with Crippen LogP contribution in [0.25, 0.3) is 0 Å². The Morgan fingerprint density at radius 3 is 2.84 bits per heavy atom. The van der Waals surface area contributed by atoms with Crippen LogP contribution in [-0.2, 0) is 11.3 Å². The highest BCUT2D eigenvalue weighted by Crippen LogP contribution is 2.03. The lowest BCUT2D eigenvalue weighted by Crippen LogP contribution is -2.40. The molecule has 0 aliphatic rings. The van der Waals surface area contributed by atoms with Crippen molar-refractivity contribution in [2.45, 2.75) is 31.8 Å². The van der Waals surface area contributed by atoms with E-state index in [4.69, 9.17) is 5.73 Å². The van der Waals surface area contributed by atoms with Crippen molar-refractivity contribution < 1.29 is 4.79 Å². The molecule has 1 aromatic heterocycles. The zero-order valence-electron chi connectivity index (χ0n) is 11.8. The van der Waals surface area contributed by atoms with Gasteiger partial charge in [0.25, 0.3) is 0 Å². The number of nitrogens with zero attached hydrogens (tertiary/aromatic N) is 2. The normalized spacial score (nSPS) is 12.6. The smallest absolute Gasteiger partial charge is 0.234 e. The molecule has 0 fully saturated rings. The van der Waals surface area contributed by atoms with Gasteiger partial charge in [0.2, 0.25) is 5.91 Å². The summed E-state index contributed by atoms with van der Waals surface area (Å²) in [7, 11) is 4.10. The lowest BCUT2D eigenvalue weighted by molar-refractivity contribution is -0.120. The third-order valence-corrected chi connectivity index (χ3v) is 2.97. The number of rotatable bonds is 9. The number of pyridine rings is 1. The van der Waals surface area contributed by atoms with Gasteiger partial charge < -0.3 is 16.0 Å². The first-order valence-corrected chi connectivity index (χ1v) is 6.66. The Morgan fingerprint density at radius 1 is 1.47 bits per heavy atom. The van der Waals surface area contributed by atoms with Gasteiger partial charge in [-0.05, 0) is 45.1 Å².